The number of hydrogen-bond acceptors (Lipinski definition) is 5. The Morgan fingerprint density at radius 1 is 1.21 bits per heavy atom. The number of rotatable bonds is 3. The lowest BCUT2D eigenvalue weighted by molar-refractivity contribution is 0.0226. The molecule has 0 radical (unpaired) electrons. The summed E-state index contributed by atoms with van der Waals surface area (Å²) in [5.74, 6) is -0.552. The molecule has 2 aromatic rings. The molecule has 9 heteroatoms. The summed E-state index contributed by atoms with van der Waals surface area (Å²) in [5, 5.41) is 6.44. The Kier molecular flexibility index (Phi) is 6.01. The fourth-order valence-electron chi connectivity index (χ4n) is 4.68. The number of hydrazone groups is 1. The average Bonchev–Trinajstić information content (AvgIpc) is 3.23. The number of carbonyl (C=O) groups excluding carboxylic acids is 1. The first kappa shape index (κ1) is 22.2. The maximum absolute atomic E-state index is 14.8. The van der Waals surface area contributed by atoms with E-state index in [1.54, 1.807) is 4.90 Å². The summed E-state index contributed by atoms with van der Waals surface area (Å²) in [6.45, 7) is 4.28. The number of para-hydroxylation sites is 1. The highest BCUT2D eigenvalue weighted by atomic mass is 32.2. The minimum absolute atomic E-state index is 0.0517. The SMILES string of the molecule is CCC[C@@H]1COc2ccccc2[C@@]12SC(c1cc(F)ccc1F)=NN2C(=O)N1CCOCC1. The molecule has 3 aliphatic heterocycles. The molecule has 0 aliphatic carbocycles. The summed E-state index contributed by atoms with van der Waals surface area (Å²) < 4.78 is 40.3. The van der Waals surface area contributed by atoms with Gasteiger partial charge in [0.1, 0.15) is 22.4 Å². The van der Waals surface area contributed by atoms with E-state index in [0.717, 1.165) is 36.6 Å². The van der Waals surface area contributed by atoms with Gasteiger partial charge in [0.15, 0.2) is 4.87 Å². The van der Waals surface area contributed by atoms with Crippen LogP contribution in [0.1, 0.15) is 30.9 Å². The van der Waals surface area contributed by atoms with Crippen LogP contribution in [-0.4, -0.2) is 53.9 Å². The van der Waals surface area contributed by atoms with E-state index in [4.69, 9.17) is 9.47 Å². The predicted molar refractivity (Wildman–Crippen MR) is 122 cm³/mol. The van der Waals surface area contributed by atoms with Crippen LogP contribution >= 0.6 is 11.8 Å². The Morgan fingerprint density at radius 2 is 2.00 bits per heavy atom. The van der Waals surface area contributed by atoms with Crippen LogP contribution in [0.15, 0.2) is 47.6 Å². The standard InChI is InChI=1S/C24H25F2N3O3S/c1-2-5-16-15-32-21-7-4-3-6-19(21)24(16)29(23(30)28-10-12-31-13-11-28)27-22(33-24)18-14-17(25)8-9-20(18)26/h3-4,6-9,14,16H,2,5,10-13,15H2,1H3/t16-,24+/m1/s1. The molecule has 1 fully saturated rings. The van der Waals surface area contributed by atoms with Gasteiger partial charge in [-0.1, -0.05) is 43.3 Å². The van der Waals surface area contributed by atoms with Crippen LogP contribution in [0.3, 0.4) is 0 Å². The fraction of sp³-hybridized carbons (Fsp3) is 0.417. The van der Waals surface area contributed by atoms with Crippen molar-refractivity contribution in [2.24, 2.45) is 11.0 Å². The predicted octanol–water partition coefficient (Wildman–Crippen LogP) is 4.79. The van der Waals surface area contributed by atoms with Gasteiger partial charge in [0.2, 0.25) is 0 Å². The van der Waals surface area contributed by atoms with Gasteiger partial charge in [-0.3, -0.25) is 0 Å². The molecule has 1 spiro atoms. The van der Waals surface area contributed by atoms with E-state index in [9.17, 15) is 13.6 Å². The molecule has 0 bridgehead atoms. The van der Waals surface area contributed by atoms with Crippen LogP contribution in [0, 0.1) is 17.6 Å². The van der Waals surface area contributed by atoms with Crippen LogP contribution in [0.4, 0.5) is 13.6 Å². The number of hydrogen-bond donors (Lipinski definition) is 0. The van der Waals surface area contributed by atoms with E-state index in [1.807, 2.05) is 24.3 Å². The van der Waals surface area contributed by atoms with Crippen molar-refractivity contribution < 1.29 is 23.0 Å². The van der Waals surface area contributed by atoms with Crippen LogP contribution in [0.2, 0.25) is 0 Å². The first-order valence-corrected chi connectivity index (χ1v) is 12.0. The molecule has 2 amide bonds. The molecular weight excluding hydrogens is 448 g/mol. The fourth-order valence-corrected chi connectivity index (χ4v) is 6.20. The third-order valence-corrected chi connectivity index (χ3v) is 7.82. The van der Waals surface area contributed by atoms with E-state index in [-0.39, 0.29) is 22.6 Å². The van der Waals surface area contributed by atoms with Gasteiger partial charge in [-0.25, -0.2) is 13.6 Å². The van der Waals surface area contributed by atoms with E-state index >= 15 is 0 Å². The van der Waals surface area contributed by atoms with E-state index in [0.29, 0.717) is 38.7 Å². The van der Waals surface area contributed by atoms with Gasteiger partial charge in [-0.05, 0) is 30.7 Å². The number of urea groups is 1. The summed E-state index contributed by atoms with van der Waals surface area (Å²) >= 11 is 1.31. The van der Waals surface area contributed by atoms with Gasteiger partial charge >= 0.3 is 6.03 Å². The molecule has 0 saturated carbocycles. The molecular formula is C24H25F2N3O3S. The second-order valence-corrected chi connectivity index (χ2v) is 9.53. The zero-order chi connectivity index (χ0) is 23.0. The molecule has 6 nitrogen and oxygen atoms in total. The summed E-state index contributed by atoms with van der Waals surface area (Å²) in [6, 6.07) is 10.6. The van der Waals surface area contributed by atoms with E-state index < -0.39 is 16.5 Å². The molecule has 5 rings (SSSR count). The largest absolute Gasteiger partial charge is 0.493 e. The Hall–Kier alpha value is -2.65. The maximum Gasteiger partial charge on any atom is 0.342 e. The first-order valence-electron chi connectivity index (χ1n) is 11.2. The second kappa shape index (κ2) is 8.95. The first-order chi connectivity index (χ1) is 16.0. The van der Waals surface area contributed by atoms with Crippen molar-refractivity contribution in [3.05, 3.63) is 65.2 Å². The van der Waals surface area contributed by atoms with Crippen LogP contribution in [0.5, 0.6) is 5.75 Å². The summed E-state index contributed by atoms with van der Waals surface area (Å²) in [4.78, 5) is 14.6. The van der Waals surface area contributed by atoms with Crippen molar-refractivity contribution in [1.29, 1.82) is 0 Å². The third-order valence-electron chi connectivity index (χ3n) is 6.28. The van der Waals surface area contributed by atoms with Crippen molar-refractivity contribution in [3.8, 4) is 5.75 Å². The normalized spacial score (nSPS) is 24.5. The molecule has 2 aromatic carbocycles. The zero-order valence-corrected chi connectivity index (χ0v) is 19.1. The molecule has 0 aromatic heterocycles. The van der Waals surface area contributed by atoms with Gasteiger partial charge in [-0.2, -0.15) is 10.1 Å². The number of fused-ring (bicyclic) bond motifs is 2. The highest BCUT2D eigenvalue weighted by Gasteiger charge is 2.57. The van der Waals surface area contributed by atoms with Gasteiger partial charge < -0.3 is 14.4 Å². The van der Waals surface area contributed by atoms with Crippen molar-refractivity contribution in [2.45, 2.75) is 24.6 Å². The van der Waals surface area contributed by atoms with Crippen molar-refractivity contribution in [2.75, 3.05) is 32.9 Å². The lowest BCUT2D eigenvalue weighted by Gasteiger charge is -2.46. The molecule has 3 heterocycles. The molecule has 174 valence electrons. The van der Waals surface area contributed by atoms with Gasteiger partial charge in [0.05, 0.1) is 19.8 Å². The van der Waals surface area contributed by atoms with E-state index in [1.165, 1.54) is 16.8 Å². The molecule has 0 unspecified atom stereocenters. The van der Waals surface area contributed by atoms with Crippen LogP contribution < -0.4 is 4.74 Å². The van der Waals surface area contributed by atoms with Crippen LogP contribution in [0.25, 0.3) is 0 Å². The molecule has 1 saturated heterocycles. The highest BCUT2D eigenvalue weighted by Crippen LogP contribution is 2.58. The number of carbonyl (C=O) groups is 1. The van der Waals surface area contributed by atoms with Crippen molar-refractivity contribution in [3.63, 3.8) is 0 Å². The molecule has 2 atom stereocenters. The van der Waals surface area contributed by atoms with Crippen molar-refractivity contribution in [1.82, 2.24) is 9.91 Å². The Labute approximate surface area is 195 Å². The lowest BCUT2D eigenvalue weighted by Crippen LogP contribution is -2.56. The quantitative estimate of drug-likeness (QED) is 0.643. The maximum atomic E-state index is 14.8. The van der Waals surface area contributed by atoms with E-state index in [2.05, 4.69) is 12.0 Å². The lowest BCUT2D eigenvalue weighted by atomic mass is 9.86. The smallest absolute Gasteiger partial charge is 0.342 e. The molecule has 3 aliphatic rings. The van der Waals surface area contributed by atoms with Crippen molar-refractivity contribution >= 4 is 22.8 Å². The van der Waals surface area contributed by atoms with Crippen LogP contribution in [-0.2, 0) is 9.61 Å². The zero-order valence-electron chi connectivity index (χ0n) is 18.3. The Bertz CT molecular complexity index is 1090. The summed E-state index contributed by atoms with van der Waals surface area (Å²) in [7, 11) is 0. The minimum atomic E-state index is -0.922. The Balaban J connectivity index is 1.67. The number of benzene rings is 2. The molecule has 33 heavy (non-hydrogen) atoms. The van der Waals surface area contributed by atoms with Gasteiger partial charge in [0.25, 0.3) is 0 Å². The number of thioether (sulfide) groups is 1. The van der Waals surface area contributed by atoms with Gasteiger partial charge in [0, 0.05) is 30.1 Å². The summed E-state index contributed by atoms with van der Waals surface area (Å²) in [6.07, 6.45) is 1.66. The monoisotopic (exact) mass is 473 g/mol. The number of nitrogens with zero attached hydrogens (tertiary/aromatic N) is 3. The average molecular weight is 474 g/mol. The molecule has 0 N–H and O–H groups in total. The topological polar surface area (TPSA) is 54.4 Å². The minimum Gasteiger partial charge on any atom is -0.493 e. The number of ether oxygens (including phenoxy) is 2. The second-order valence-electron chi connectivity index (χ2n) is 8.31. The summed E-state index contributed by atoms with van der Waals surface area (Å²) in [5.41, 5.74) is 0.868. The highest BCUT2D eigenvalue weighted by molar-refractivity contribution is 8.15. The third kappa shape index (κ3) is 3.77. The number of halogens is 2. The Morgan fingerprint density at radius 3 is 2.79 bits per heavy atom. The van der Waals surface area contributed by atoms with Gasteiger partial charge in [-0.15, -0.1) is 0 Å². The number of morpholine rings is 1. The number of amides is 2.